The van der Waals surface area contributed by atoms with Crippen LogP contribution in [0.25, 0.3) is 10.8 Å². The van der Waals surface area contributed by atoms with E-state index in [9.17, 15) is 0 Å². The Morgan fingerprint density at radius 1 is 0.789 bits per heavy atom. The molecule has 2 aromatic carbocycles. The number of hydrogen-bond donors (Lipinski definition) is 0. The molecule has 0 atom stereocenters. The zero-order chi connectivity index (χ0) is 13.7. The Hall–Kier alpha value is -1.70. The van der Waals surface area contributed by atoms with Gasteiger partial charge in [-0.1, -0.05) is 31.5 Å². The van der Waals surface area contributed by atoms with Crippen molar-refractivity contribution in [2.75, 3.05) is 13.2 Å². The summed E-state index contributed by atoms with van der Waals surface area (Å²) < 4.78 is 11.6. The highest BCUT2D eigenvalue weighted by molar-refractivity contribution is 5.93. The number of fused-ring (bicyclic) bond motifs is 1. The zero-order valence-corrected chi connectivity index (χ0v) is 12.0. The molecule has 0 amide bonds. The molecule has 19 heavy (non-hydrogen) atoms. The molecule has 0 heterocycles. The fraction of sp³-hybridized carbons (Fsp3) is 0.412. The second kappa shape index (κ2) is 6.46. The van der Waals surface area contributed by atoms with Crippen LogP contribution in [0.15, 0.2) is 30.3 Å². The van der Waals surface area contributed by atoms with E-state index >= 15 is 0 Å². The van der Waals surface area contributed by atoms with Gasteiger partial charge in [-0.05, 0) is 38.0 Å². The maximum Gasteiger partial charge on any atom is 0.127 e. The summed E-state index contributed by atoms with van der Waals surface area (Å²) in [6.07, 6.45) is 2.03. The minimum Gasteiger partial charge on any atom is -0.493 e. The van der Waals surface area contributed by atoms with Crippen molar-refractivity contribution in [3.8, 4) is 11.5 Å². The lowest BCUT2D eigenvalue weighted by atomic mass is 10.1. The first-order valence-electron chi connectivity index (χ1n) is 7.05. The molecular weight excluding hydrogens is 236 g/mol. The number of ether oxygens (including phenoxy) is 2. The van der Waals surface area contributed by atoms with Gasteiger partial charge in [0, 0.05) is 10.8 Å². The summed E-state index contributed by atoms with van der Waals surface area (Å²) >= 11 is 0. The Balaban J connectivity index is 2.45. The van der Waals surface area contributed by atoms with E-state index in [-0.39, 0.29) is 0 Å². The minimum atomic E-state index is 0.748. The summed E-state index contributed by atoms with van der Waals surface area (Å²) in [5.74, 6) is 1.89. The molecule has 0 unspecified atom stereocenters. The number of hydrogen-bond acceptors (Lipinski definition) is 2. The van der Waals surface area contributed by atoms with Crippen LogP contribution in [0.3, 0.4) is 0 Å². The van der Waals surface area contributed by atoms with Gasteiger partial charge in [-0.15, -0.1) is 0 Å². The maximum atomic E-state index is 5.83. The van der Waals surface area contributed by atoms with Gasteiger partial charge in [0.05, 0.1) is 13.2 Å². The fourth-order valence-corrected chi connectivity index (χ4v) is 2.08. The summed E-state index contributed by atoms with van der Waals surface area (Å²) in [6.45, 7) is 7.83. The van der Waals surface area contributed by atoms with E-state index in [1.807, 2.05) is 12.1 Å². The quantitative estimate of drug-likeness (QED) is 0.746. The molecule has 0 aliphatic rings. The van der Waals surface area contributed by atoms with Gasteiger partial charge >= 0.3 is 0 Å². The van der Waals surface area contributed by atoms with Crippen molar-refractivity contribution in [1.82, 2.24) is 0 Å². The van der Waals surface area contributed by atoms with Crippen LogP contribution in [0.5, 0.6) is 11.5 Å². The van der Waals surface area contributed by atoms with Crippen molar-refractivity contribution >= 4 is 10.8 Å². The monoisotopic (exact) mass is 258 g/mol. The molecule has 2 aromatic rings. The van der Waals surface area contributed by atoms with Gasteiger partial charge < -0.3 is 9.47 Å². The van der Waals surface area contributed by atoms with Crippen molar-refractivity contribution in [2.45, 2.75) is 33.6 Å². The van der Waals surface area contributed by atoms with Crippen LogP contribution < -0.4 is 9.47 Å². The molecule has 0 spiro atoms. The van der Waals surface area contributed by atoms with E-state index in [0.29, 0.717) is 0 Å². The van der Waals surface area contributed by atoms with Crippen molar-refractivity contribution in [3.63, 3.8) is 0 Å². The van der Waals surface area contributed by atoms with E-state index in [1.54, 1.807) is 0 Å². The third-order valence-electron chi connectivity index (χ3n) is 3.02. The van der Waals surface area contributed by atoms with Crippen molar-refractivity contribution in [2.24, 2.45) is 0 Å². The second-order valence-electron chi connectivity index (χ2n) is 4.81. The number of benzene rings is 2. The SMILES string of the molecule is CCCOc1ccc(OCCC)c2cc(C)ccc12. The molecule has 0 aliphatic carbocycles. The first kappa shape index (κ1) is 13.7. The second-order valence-corrected chi connectivity index (χ2v) is 4.81. The van der Waals surface area contributed by atoms with Crippen molar-refractivity contribution in [1.29, 1.82) is 0 Å². The lowest BCUT2D eigenvalue weighted by molar-refractivity contribution is 0.314. The van der Waals surface area contributed by atoms with Crippen LogP contribution in [0.4, 0.5) is 0 Å². The van der Waals surface area contributed by atoms with E-state index in [0.717, 1.165) is 48.3 Å². The fourth-order valence-electron chi connectivity index (χ4n) is 2.08. The van der Waals surface area contributed by atoms with Gasteiger partial charge in [-0.2, -0.15) is 0 Å². The summed E-state index contributed by atoms with van der Waals surface area (Å²) in [6, 6.07) is 10.4. The molecule has 0 radical (unpaired) electrons. The molecule has 2 rings (SSSR count). The molecule has 2 nitrogen and oxygen atoms in total. The normalized spacial score (nSPS) is 10.7. The topological polar surface area (TPSA) is 18.5 Å². The highest BCUT2D eigenvalue weighted by Gasteiger charge is 2.08. The molecule has 0 aromatic heterocycles. The summed E-state index contributed by atoms with van der Waals surface area (Å²) in [4.78, 5) is 0. The third kappa shape index (κ3) is 3.19. The zero-order valence-electron chi connectivity index (χ0n) is 12.0. The molecule has 0 fully saturated rings. The highest BCUT2D eigenvalue weighted by atomic mass is 16.5. The minimum absolute atomic E-state index is 0.748. The molecule has 0 N–H and O–H groups in total. The van der Waals surface area contributed by atoms with Gasteiger partial charge in [-0.25, -0.2) is 0 Å². The Bertz CT molecular complexity index is 546. The van der Waals surface area contributed by atoms with Crippen molar-refractivity contribution in [3.05, 3.63) is 35.9 Å². The first-order valence-corrected chi connectivity index (χ1v) is 7.05. The standard InChI is InChI=1S/C17H22O2/c1-4-10-18-16-8-9-17(19-11-5-2)15-12-13(3)6-7-14(15)16/h6-9,12H,4-5,10-11H2,1-3H3. The predicted molar refractivity (Wildman–Crippen MR) is 80.3 cm³/mol. The van der Waals surface area contributed by atoms with E-state index in [1.165, 1.54) is 5.56 Å². The van der Waals surface area contributed by atoms with E-state index in [2.05, 4.69) is 39.0 Å². The molecule has 0 saturated heterocycles. The average molecular weight is 258 g/mol. The first-order chi connectivity index (χ1) is 9.26. The van der Waals surface area contributed by atoms with Crippen LogP contribution in [-0.2, 0) is 0 Å². The van der Waals surface area contributed by atoms with Crippen molar-refractivity contribution < 1.29 is 9.47 Å². The lowest BCUT2D eigenvalue weighted by Crippen LogP contribution is -1.99. The van der Waals surface area contributed by atoms with Crippen LogP contribution in [-0.4, -0.2) is 13.2 Å². The van der Waals surface area contributed by atoms with Crippen LogP contribution >= 0.6 is 0 Å². The van der Waals surface area contributed by atoms with Gasteiger partial charge in [0.2, 0.25) is 0 Å². The van der Waals surface area contributed by atoms with Gasteiger partial charge in [0.15, 0.2) is 0 Å². The van der Waals surface area contributed by atoms with Gasteiger partial charge in [0.25, 0.3) is 0 Å². The van der Waals surface area contributed by atoms with Gasteiger partial charge in [0.1, 0.15) is 11.5 Å². The average Bonchev–Trinajstić information content (AvgIpc) is 2.43. The summed E-state index contributed by atoms with van der Waals surface area (Å²) in [5.41, 5.74) is 1.24. The van der Waals surface area contributed by atoms with Crippen LogP contribution in [0, 0.1) is 6.92 Å². The van der Waals surface area contributed by atoms with E-state index < -0.39 is 0 Å². The highest BCUT2D eigenvalue weighted by Crippen LogP contribution is 2.34. The number of aryl methyl sites for hydroxylation is 1. The Morgan fingerprint density at radius 3 is 1.95 bits per heavy atom. The lowest BCUT2D eigenvalue weighted by Gasteiger charge is -2.13. The molecular formula is C17H22O2. The summed E-state index contributed by atoms with van der Waals surface area (Å²) in [5, 5.41) is 2.27. The molecule has 0 aliphatic heterocycles. The Morgan fingerprint density at radius 2 is 1.37 bits per heavy atom. The third-order valence-corrected chi connectivity index (χ3v) is 3.02. The van der Waals surface area contributed by atoms with Crippen LogP contribution in [0.1, 0.15) is 32.3 Å². The Labute approximate surface area is 115 Å². The van der Waals surface area contributed by atoms with Gasteiger partial charge in [-0.3, -0.25) is 0 Å². The molecule has 0 saturated carbocycles. The maximum absolute atomic E-state index is 5.83. The molecule has 0 bridgehead atoms. The molecule has 102 valence electrons. The largest absolute Gasteiger partial charge is 0.493 e. The predicted octanol–water partition coefficient (Wildman–Crippen LogP) is 4.73. The summed E-state index contributed by atoms with van der Waals surface area (Å²) in [7, 11) is 0. The Kier molecular flexibility index (Phi) is 4.67. The number of rotatable bonds is 6. The smallest absolute Gasteiger partial charge is 0.127 e. The van der Waals surface area contributed by atoms with E-state index in [4.69, 9.17) is 9.47 Å². The molecule has 2 heteroatoms. The van der Waals surface area contributed by atoms with Crippen LogP contribution in [0.2, 0.25) is 0 Å².